The van der Waals surface area contributed by atoms with Gasteiger partial charge in [-0.3, -0.25) is 4.79 Å². The van der Waals surface area contributed by atoms with Gasteiger partial charge in [0.25, 0.3) is 0 Å². The molecule has 0 fully saturated rings. The molecular weight excluding hydrogens is 157 g/mol. The van der Waals surface area contributed by atoms with Gasteiger partial charge in [-0.15, -0.1) is 0 Å². The van der Waals surface area contributed by atoms with Gasteiger partial charge in [-0.05, 0) is 23.3 Å². The minimum atomic E-state index is -0.329. The molecular formula is C9H9FNO. The van der Waals surface area contributed by atoms with Crippen LogP contribution < -0.4 is 5.73 Å². The Kier molecular flexibility index (Phi) is 2.94. The highest BCUT2D eigenvalue weighted by atomic mass is 19.1. The van der Waals surface area contributed by atoms with Crippen molar-refractivity contribution in [1.82, 2.24) is 0 Å². The highest BCUT2D eigenvalue weighted by molar-refractivity contribution is 5.57. The molecule has 0 spiro atoms. The van der Waals surface area contributed by atoms with Crippen LogP contribution >= 0.6 is 0 Å². The van der Waals surface area contributed by atoms with Crippen LogP contribution in [0.25, 0.3) is 0 Å². The predicted molar refractivity (Wildman–Crippen MR) is 43.7 cm³/mol. The van der Waals surface area contributed by atoms with E-state index >= 15 is 0 Å². The standard InChI is InChI=1S/C9H9FNO/c10-9-2-1-7(3-4-12)8(5-9)6-11/h1-2,5H,3,6,11H2. The van der Waals surface area contributed by atoms with Gasteiger partial charge in [0, 0.05) is 13.0 Å². The van der Waals surface area contributed by atoms with Gasteiger partial charge in [0.2, 0.25) is 6.29 Å². The fourth-order valence-corrected chi connectivity index (χ4v) is 1.03. The first-order valence-corrected chi connectivity index (χ1v) is 3.60. The first kappa shape index (κ1) is 8.87. The Labute approximate surface area is 70.2 Å². The number of rotatable bonds is 3. The average Bonchev–Trinajstić information content (AvgIpc) is 2.08. The van der Waals surface area contributed by atoms with Crippen LogP contribution in [0.4, 0.5) is 4.39 Å². The molecule has 1 rings (SSSR count). The molecule has 0 atom stereocenters. The van der Waals surface area contributed by atoms with Crippen LogP contribution in [0.5, 0.6) is 0 Å². The van der Waals surface area contributed by atoms with Crippen LogP contribution in [0.3, 0.4) is 0 Å². The minimum Gasteiger partial charge on any atom is -0.326 e. The van der Waals surface area contributed by atoms with Gasteiger partial charge in [-0.2, -0.15) is 0 Å². The molecule has 2 nitrogen and oxygen atoms in total. The number of carbonyl (C=O) groups excluding carboxylic acids is 1. The topological polar surface area (TPSA) is 43.1 Å². The number of benzene rings is 1. The molecule has 2 N–H and O–H groups in total. The molecule has 0 aliphatic rings. The van der Waals surface area contributed by atoms with Crippen LogP contribution in [-0.2, 0) is 17.8 Å². The Morgan fingerprint density at radius 2 is 2.17 bits per heavy atom. The van der Waals surface area contributed by atoms with E-state index in [-0.39, 0.29) is 18.8 Å². The lowest BCUT2D eigenvalue weighted by Gasteiger charge is -2.03. The highest BCUT2D eigenvalue weighted by Gasteiger charge is 2.01. The maximum Gasteiger partial charge on any atom is 0.203 e. The fourth-order valence-electron chi connectivity index (χ4n) is 1.03. The molecule has 63 valence electrons. The number of hydrogen-bond acceptors (Lipinski definition) is 2. The van der Waals surface area contributed by atoms with Crippen molar-refractivity contribution in [2.75, 3.05) is 0 Å². The summed E-state index contributed by atoms with van der Waals surface area (Å²) in [6.45, 7) is 0.245. The molecule has 0 aliphatic carbocycles. The van der Waals surface area contributed by atoms with E-state index in [1.54, 1.807) is 12.4 Å². The average molecular weight is 166 g/mol. The Balaban J connectivity index is 3.01. The Hall–Kier alpha value is -1.22. The third-order valence-corrected chi connectivity index (χ3v) is 1.65. The van der Waals surface area contributed by atoms with E-state index < -0.39 is 0 Å². The van der Waals surface area contributed by atoms with Crippen molar-refractivity contribution in [2.45, 2.75) is 13.0 Å². The molecule has 0 bridgehead atoms. The first-order chi connectivity index (χ1) is 5.77. The molecule has 1 aromatic carbocycles. The van der Waals surface area contributed by atoms with Crippen LogP contribution in [0.1, 0.15) is 11.1 Å². The van der Waals surface area contributed by atoms with Crippen LogP contribution in [-0.4, -0.2) is 6.29 Å². The van der Waals surface area contributed by atoms with E-state index in [1.165, 1.54) is 12.1 Å². The minimum absolute atomic E-state index is 0.173. The Morgan fingerprint density at radius 1 is 1.42 bits per heavy atom. The molecule has 0 aliphatic heterocycles. The van der Waals surface area contributed by atoms with Crippen molar-refractivity contribution in [3.63, 3.8) is 0 Å². The zero-order valence-corrected chi connectivity index (χ0v) is 6.51. The molecule has 0 unspecified atom stereocenters. The predicted octanol–water partition coefficient (Wildman–Crippen LogP) is 0.937. The number of hydrogen-bond donors (Lipinski definition) is 1. The first-order valence-electron chi connectivity index (χ1n) is 3.60. The van der Waals surface area contributed by atoms with Crippen LogP contribution in [0, 0.1) is 5.82 Å². The summed E-state index contributed by atoms with van der Waals surface area (Å²) in [6, 6.07) is 4.21. The van der Waals surface area contributed by atoms with E-state index in [9.17, 15) is 9.18 Å². The van der Waals surface area contributed by atoms with Crippen molar-refractivity contribution in [3.8, 4) is 0 Å². The van der Waals surface area contributed by atoms with Gasteiger partial charge in [0.1, 0.15) is 5.82 Å². The zero-order valence-electron chi connectivity index (χ0n) is 6.51. The van der Waals surface area contributed by atoms with Gasteiger partial charge < -0.3 is 5.73 Å². The smallest absolute Gasteiger partial charge is 0.203 e. The summed E-state index contributed by atoms with van der Waals surface area (Å²) in [7, 11) is 0. The zero-order chi connectivity index (χ0) is 8.97. The second kappa shape index (κ2) is 3.97. The van der Waals surface area contributed by atoms with E-state index in [2.05, 4.69) is 0 Å². The lowest BCUT2D eigenvalue weighted by molar-refractivity contribution is 0.554. The lowest BCUT2D eigenvalue weighted by Crippen LogP contribution is -2.02. The van der Waals surface area contributed by atoms with Gasteiger partial charge in [0.15, 0.2) is 0 Å². The summed E-state index contributed by atoms with van der Waals surface area (Å²) in [5.74, 6) is -0.329. The third kappa shape index (κ3) is 1.89. The molecule has 0 amide bonds. The van der Waals surface area contributed by atoms with Gasteiger partial charge in [-0.1, -0.05) is 6.07 Å². The van der Waals surface area contributed by atoms with E-state index in [0.717, 1.165) is 5.56 Å². The molecule has 0 saturated heterocycles. The second-order valence-electron chi connectivity index (χ2n) is 2.44. The molecule has 12 heavy (non-hydrogen) atoms. The van der Waals surface area contributed by atoms with Gasteiger partial charge in [0.05, 0.1) is 0 Å². The van der Waals surface area contributed by atoms with Gasteiger partial charge >= 0.3 is 0 Å². The largest absolute Gasteiger partial charge is 0.326 e. The second-order valence-corrected chi connectivity index (χ2v) is 2.44. The molecule has 0 heterocycles. The van der Waals surface area contributed by atoms with Crippen molar-refractivity contribution in [3.05, 3.63) is 35.1 Å². The normalized spacial score (nSPS) is 9.83. The monoisotopic (exact) mass is 166 g/mol. The third-order valence-electron chi connectivity index (χ3n) is 1.65. The molecule has 0 saturated carbocycles. The highest BCUT2D eigenvalue weighted by Crippen LogP contribution is 2.10. The summed E-state index contributed by atoms with van der Waals surface area (Å²) in [5, 5.41) is 0. The number of nitrogens with two attached hydrogens (primary N) is 1. The Morgan fingerprint density at radius 3 is 2.75 bits per heavy atom. The van der Waals surface area contributed by atoms with Gasteiger partial charge in [-0.25, -0.2) is 4.39 Å². The van der Waals surface area contributed by atoms with Crippen LogP contribution in [0.15, 0.2) is 18.2 Å². The van der Waals surface area contributed by atoms with E-state index in [4.69, 9.17) is 5.73 Å². The molecule has 1 radical (unpaired) electrons. The summed E-state index contributed by atoms with van der Waals surface area (Å²) in [4.78, 5) is 10.1. The maximum atomic E-state index is 12.6. The summed E-state index contributed by atoms with van der Waals surface area (Å²) in [6.07, 6.45) is 1.92. The molecule has 3 heteroatoms. The summed E-state index contributed by atoms with van der Waals surface area (Å²) in [5.41, 5.74) is 6.76. The van der Waals surface area contributed by atoms with E-state index in [0.29, 0.717) is 5.56 Å². The van der Waals surface area contributed by atoms with Crippen LogP contribution in [0.2, 0.25) is 0 Å². The summed E-state index contributed by atoms with van der Waals surface area (Å²) < 4.78 is 12.6. The fraction of sp³-hybridized carbons (Fsp3) is 0.222. The number of halogens is 1. The van der Waals surface area contributed by atoms with Crippen molar-refractivity contribution < 1.29 is 9.18 Å². The molecule has 1 aromatic rings. The summed E-state index contributed by atoms with van der Waals surface area (Å²) >= 11 is 0. The van der Waals surface area contributed by atoms with E-state index in [1.807, 2.05) is 0 Å². The Bertz CT molecular complexity index is 286. The lowest BCUT2D eigenvalue weighted by atomic mass is 10.1. The van der Waals surface area contributed by atoms with Crippen molar-refractivity contribution in [2.24, 2.45) is 5.73 Å². The maximum absolute atomic E-state index is 12.6. The van der Waals surface area contributed by atoms with Crippen molar-refractivity contribution >= 4 is 6.29 Å². The quantitative estimate of drug-likeness (QED) is 0.726. The SMILES string of the molecule is NCc1cc(F)ccc1C[C]=O. The molecule has 0 aromatic heterocycles. The van der Waals surface area contributed by atoms with Crippen molar-refractivity contribution in [1.29, 1.82) is 0 Å².